The second-order valence-corrected chi connectivity index (χ2v) is 8.15. The lowest BCUT2D eigenvalue weighted by Crippen LogP contribution is -2.37. The minimum atomic E-state index is -0.934. The van der Waals surface area contributed by atoms with Crippen LogP contribution < -0.4 is 4.74 Å². The molecule has 0 aliphatic carbocycles. The van der Waals surface area contributed by atoms with Crippen LogP contribution >= 0.6 is 0 Å². The molecule has 1 heterocycles. The first kappa shape index (κ1) is 23.6. The number of hydrogen-bond acceptors (Lipinski definition) is 4. The quantitative estimate of drug-likeness (QED) is 0.617. The molecule has 6 nitrogen and oxygen atoms in total. The van der Waals surface area contributed by atoms with Gasteiger partial charge in [-0.1, -0.05) is 32.4 Å². The lowest BCUT2D eigenvalue weighted by atomic mass is 9.89. The Balaban J connectivity index is 1.98. The molecule has 1 amide bonds. The normalized spacial score (nSPS) is 13.9. The monoisotopic (exact) mass is 443 g/mol. The van der Waals surface area contributed by atoms with Gasteiger partial charge in [-0.05, 0) is 59.7 Å². The van der Waals surface area contributed by atoms with Crippen molar-refractivity contribution in [1.82, 2.24) is 4.90 Å². The van der Waals surface area contributed by atoms with E-state index >= 15 is 0 Å². The second-order valence-electron chi connectivity index (χ2n) is 8.15. The molecule has 0 aromatic heterocycles. The van der Waals surface area contributed by atoms with Crippen molar-refractivity contribution in [3.05, 3.63) is 52.8 Å². The molecule has 0 bridgehead atoms. The maximum Gasteiger partial charge on any atom is 0.410 e. The predicted octanol–water partition coefficient (Wildman–Crippen LogP) is 5.06. The largest absolute Gasteiger partial charge is 0.493 e. The lowest BCUT2D eigenvalue weighted by Gasteiger charge is -2.30. The molecule has 0 radical (unpaired) electrons. The van der Waals surface area contributed by atoms with Crippen LogP contribution in [0.1, 0.15) is 43.9 Å². The van der Waals surface area contributed by atoms with Crippen LogP contribution in [0.3, 0.4) is 0 Å². The first-order chi connectivity index (χ1) is 15.3. The molecule has 32 heavy (non-hydrogen) atoms. The minimum Gasteiger partial charge on any atom is -0.493 e. The summed E-state index contributed by atoms with van der Waals surface area (Å²) < 4.78 is 25.9. The Morgan fingerprint density at radius 3 is 2.62 bits per heavy atom. The maximum absolute atomic E-state index is 14.7. The van der Waals surface area contributed by atoms with E-state index in [2.05, 4.69) is 0 Å². The van der Waals surface area contributed by atoms with E-state index in [1.54, 1.807) is 29.2 Å². The average Bonchev–Trinajstić information content (AvgIpc) is 2.78. The third kappa shape index (κ3) is 5.39. The summed E-state index contributed by atoms with van der Waals surface area (Å²) in [7, 11) is 0. The fourth-order valence-corrected chi connectivity index (χ4v) is 3.82. The number of aliphatic carboxylic acids is 1. The highest BCUT2D eigenvalue weighted by Gasteiger charge is 2.27. The standard InChI is InChI=1S/C25H30FNO5/c1-4-16(3)15-32-25(30)27-11-10-19-21(14-27)18(7-8-22(19)26)20-12-17(13-24(28)29)6-9-23(20)31-5-2/h6-9,12,16H,4-5,10-11,13-15H2,1-3H3,(H,28,29). The number of nitrogens with zero attached hydrogens (tertiary/aromatic N) is 1. The number of halogens is 1. The van der Waals surface area contributed by atoms with Crippen LogP contribution in [0, 0.1) is 11.7 Å². The second kappa shape index (κ2) is 10.5. The van der Waals surface area contributed by atoms with Crippen molar-refractivity contribution >= 4 is 12.1 Å². The first-order valence-corrected chi connectivity index (χ1v) is 11.0. The van der Waals surface area contributed by atoms with E-state index in [0.717, 1.165) is 12.0 Å². The van der Waals surface area contributed by atoms with E-state index in [-0.39, 0.29) is 24.7 Å². The van der Waals surface area contributed by atoms with E-state index in [1.165, 1.54) is 6.07 Å². The zero-order chi connectivity index (χ0) is 23.3. The van der Waals surface area contributed by atoms with Crippen LogP contribution in [0.25, 0.3) is 11.1 Å². The van der Waals surface area contributed by atoms with Gasteiger partial charge in [0, 0.05) is 18.7 Å². The molecule has 2 aromatic rings. The molecule has 7 heteroatoms. The van der Waals surface area contributed by atoms with Gasteiger partial charge < -0.3 is 19.5 Å². The van der Waals surface area contributed by atoms with Crippen molar-refractivity contribution in [2.75, 3.05) is 19.8 Å². The molecule has 1 aliphatic rings. The Morgan fingerprint density at radius 2 is 1.94 bits per heavy atom. The number of carbonyl (C=O) groups is 2. The number of fused-ring (bicyclic) bond motifs is 1. The fourth-order valence-electron chi connectivity index (χ4n) is 3.82. The van der Waals surface area contributed by atoms with Crippen LogP contribution in [0.5, 0.6) is 5.75 Å². The molecule has 0 spiro atoms. The number of hydrogen-bond donors (Lipinski definition) is 1. The Labute approximate surface area is 187 Å². The van der Waals surface area contributed by atoms with Crippen molar-refractivity contribution in [2.45, 2.75) is 46.6 Å². The topological polar surface area (TPSA) is 76.1 Å². The lowest BCUT2D eigenvalue weighted by molar-refractivity contribution is -0.136. The fraction of sp³-hybridized carbons (Fsp3) is 0.440. The number of carbonyl (C=O) groups excluding carboxylic acids is 1. The smallest absolute Gasteiger partial charge is 0.410 e. The minimum absolute atomic E-state index is 0.128. The van der Waals surface area contributed by atoms with Gasteiger partial charge in [0.15, 0.2) is 0 Å². The average molecular weight is 444 g/mol. The SMILES string of the molecule is CCOc1ccc(CC(=O)O)cc1-c1ccc(F)c2c1CN(C(=O)OCC(C)CC)CC2. The molecule has 2 aromatic carbocycles. The number of carboxylic acids is 1. The van der Waals surface area contributed by atoms with E-state index < -0.39 is 12.1 Å². The Kier molecular flexibility index (Phi) is 7.72. The van der Waals surface area contributed by atoms with Gasteiger partial charge in [0.25, 0.3) is 0 Å². The predicted molar refractivity (Wildman–Crippen MR) is 119 cm³/mol. The summed E-state index contributed by atoms with van der Waals surface area (Å²) in [5, 5.41) is 9.19. The number of carboxylic acid groups (broad SMARTS) is 1. The molecule has 1 atom stereocenters. The van der Waals surface area contributed by atoms with E-state index in [1.807, 2.05) is 20.8 Å². The third-order valence-corrected chi connectivity index (χ3v) is 5.79. The summed E-state index contributed by atoms with van der Waals surface area (Å²) in [5.74, 6) is -0.380. The van der Waals surface area contributed by atoms with Crippen molar-refractivity contribution in [1.29, 1.82) is 0 Å². The molecule has 1 aliphatic heterocycles. The summed E-state index contributed by atoms with van der Waals surface area (Å²) in [6.07, 6.45) is 0.761. The van der Waals surface area contributed by atoms with Gasteiger partial charge in [-0.3, -0.25) is 4.79 Å². The van der Waals surface area contributed by atoms with Crippen molar-refractivity contribution in [3.8, 4) is 16.9 Å². The van der Waals surface area contributed by atoms with Gasteiger partial charge in [0.1, 0.15) is 11.6 Å². The molecular formula is C25H30FNO5. The summed E-state index contributed by atoms with van der Waals surface area (Å²) >= 11 is 0. The summed E-state index contributed by atoms with van der Waals surface area (Å²) in [4.78, 5) is 25.4. The van der Waals surface area contributed by atoms with Crippen LogP contribution in [0.2, 0.25) is 0 Å². The summed E-state index contributed by atoms with van der Waals surface area (Å²) in [6, 6.07) is 8.33. The molecule has 1 N–H and O–H groups in total. The Morgan fingerprint density at radius 1 is 1.16 bits per heavy atom. The van der Waals surface area contributed by atoms with Gasteiger partial charge in [0.05, 0.1) is 19.6 Å². The molecule has 3 rings (SSSR count). The zero-order valence-corrected chi connectivity index (χ0v) is 18.8. The number of amides is 1. The van der Waals surface area contributed by atoms with Crippen molar-refractivity contribution in [2.24, 2.45) is 5.92 Å². The van der Waals surface area contributed by atoms with Crippen LogP contribution in [0.4, 0.5) is 9.18 Å². The van der Waals surface area contributed by atoms with Gasteiger partial charge >= 0.3 is 12.1 Å². The number of ether oxygens (including phenoxy) is 2. The molecule has 0 saturated heterocycles. The molecule has 1 unspecified atom stereocenters. The Bertz CT molecular complexity index is 991. The van der Waals surface area contributed by atoms with E-state index in [9.17, 15) is 19.1 Å². The molecular weight excluding hydrogens is 413 g/mol. The maximum atomic E-state index is 14.7. The van der Waals surface area contributed by atoms with E-state index in [0.29, 0.717) is 54.2 Å². The Hall–Kier alpha value is -3.09. The van der Waals surface area contributed by atoms with Crippen molar-refractivity contribution in [3.63, 3.8) is 0 Å². The van der Waals surface area contributed by atoms with Gasteiger partial charge in [-0.25, -0.2) is 9.18 Å². The third-order valence-electron chi connectivity index (χ3n) is 5.79. The zero-order valence-electron chi connectivity index (χ0n) is 18.8. The molecule has 0 fully saturated rings. The summed E-state index contributed by atoms with van der Waals surface area (Å²) in [6.45, 7) is 7.30. The first-order valence-electron chi connectivity index (χ1n) is 11.0. The summed E-state index contributed by atoms with van der Waals surface area (Å²) in [5.41, 5.74) is 3.31. The van der Waals surface area contributed by atoms with Gasteiger partial charge in [0.2, 0.25) is 0 Å². The van der Waals surface area contributed by atoms with Gasteiger partial charge in [-0.15, -0.1) is 0 Å². The van der Waals surface area contributed by atoms with Gasteiger partial charge in [-0.2, -0.15) is 0 Å². The van der Waals surface area contributed by atoms with E-state index in [4.69, 9.17) is 9.47 Å². The van der Waals surface area contributed by atoms with Crippen molar-refractivity contribution < 1.29 is 28.6 Å². The molecule has 172 valence electrons. The number of rotatable bonds is 8. The van der Waals surface area contributed by atoms with Crippen LogP contribution in [-0.2, 0) is 28.9 Å². The highest BCUT2D eigenvalue weighted by molar-refractivity contribution is 5.78. The number of benzene rings is 2. The van der Waals surface area contributed by atoms with Crippen LogP contribution in [-0.4, -0.2) is 41.8 Å². The molecule has 0 saturated carbocycles. The van der Waals surface area contributed by atoms with Crippen LogP contribution in [0.15, 0.2) is 30.3 Å². The highest BCUT2D eigenvalue weighted by atomic mass is 19.1. The highest BCUT2D eigenvalue weighted by Crippen LogP contribution is 2.38.